The summed E-state index contributed by atoms with van der Waals surface area (Å²) >= 11 is 0. The van der Waals surface area contributed by atoms with E-state index >= 15 is 0 Å². The molecule has 0 aromatic heterocycles. The molecule has 0 aliphatic carbocycles. The molecule has 0 saturated heterocycles. The average Bonchev–Trinajstić information content (AvgIpc) is 3.31. The highest BCUT2D eigenvalue weighted by Gasteiger charge is 2.19. The molecule has 0 aliphatic heterocycles. The van der Waals surface area contributed by atoms with Gasteiger partial charge in [0.15, 0.2) is 6.10 Å². The highest BCUT2D eigenvalue weighted by Crippen LogP contribution is 2.16. The van der Waals surface area contributed by atoms with Gasteiger partial charge in [-0.3, -0.25) is 14.4 Å². The second-order valence-electron chi connectivity index (χ2n) is 19.2. The van der Waals surface area contributed by atoms with Crippen LogP contribution in [0.15, 0.2) is 48.6 Å². The molecule has 1 atom stereocenters. The monoisotopic (exact) mass is 925 g/mol. The second-order valence-corrected chi connectivity index (χ2v) is 19.2. The number of esters is 3. The number of hydrogen-bond acceptors (Lipinski definition) is 6. The quantitative estimate of drug-likeness (QED) is 0.0262. The summed E-state index contributed by atoms with van der Waals surface area (Å²) in [4.78, 5) is 38.1. The van der Waals surface area contributed by atoms with Gasteiger partial charge in [-0.1, -0.05) is 249 Å². The third-order valence-electron chi connectivity index (χ3n) is 12.6. The minimum absolute atomic E-state index is 0.0771. The van der Waals surface area contributed by atoms with Crippen molar-refractivity contribution in [2.24, 2.45) is 0 Å². The molecule has 6 nitrogen and oxygen atoms in total. The minimum Gasteiger partial charge on any atom is -0.462 e. The Labute approximate surface area is 409 Å². The van der Waals surface area contributed by atoms with Gasteiger partial charge in [0.25, 0.3) is 0 Å². The number of hydrogen-bond donors (Lipinski definition) is 0. The van der Waals surface area contributed by atoms with Crippen LogP contribution in [0.25, 0.3) is 0 Å². The summed E-state index contributed by atoms with van der Waals surface area (Å²) in [5, 5.41) is 0. The first-order valence-corrected chi connectivity index (χ1v) is 28.6. The van der Waals surface area contributed by atoms with Crippen LogP contribution in [0.5, 0.6) is 0 Å². The standard InChI is InChI=1S/C60H108O6/c1-4-7-10-13-16-19-22-25-28-30-32-35-38-41-44-47-50-53-59(62)65-56-57(55-64-58(61)52-49-46-43-40-37-34-27-24-21-18-15-12-9-6-3)66-60(63)54-51-48-45-42-39-36-33-31-29-26-23-20-17-14-11-8-5-2/h9,12,16,18-19,21,25,28,57H,4-8,10-11,13-15,17,20,22-24,26-27,29-56H2,1-3H3/b12-9-,19-16-,21-18-,28-25-. The summed E-state index contributed by atoms with van der Waals surface area (Å²) in [6.07, 6.45) is 66.7. The fraction of sp³-hybridized carbons (Fsp3) is 0.817. The van der Waals surface area contributed by atoms with Crippen LogP contribution in [0.2, 0.25) is 0 Å². The SMILES string of the molecule is CC/C=C\C/C=C\CCCCCCCCCC(=O)OCC(COC(=O)CCCCCCCCC/C=C\C/C=C\CCCCC)OC(=O)CCCCCCCCCCCCCCCCCCC. The molecule has 66 heavy (non-hydrogen) atoms. The maximum absolute atomic E-state index is 12.9. The zero-order valence-electron chi connectivity index (χ0n) is 44.0. The van der Waals surface area contributed by atoms with Gasteiger partial charge >= 0.3 is 17.9 Å². The molecule has 0 bridgehead atoms. The van der Waals surface area contributed by atoms with Crippen molar-refractivity contribution in [1.82, 2.24) is 0 Å². The highest BCUT2D eigenvalue weighted by molar-refractivity contribution is 5.71. The van der Waals surface area contributed by atoms with Gasteiger partial charge in [-0.25, -0.2) is 0 Å². The first kappa shape index (κ1) is 63.4. The summed E-state index contributed by atoms with van der Waals surface area (Å²) in [6, 6.07) is 0. The van der Waals surface area contributed by atoms with Gasteiger partial charge in [-0.2, -0.15) is 0 Å². The van der Waals surface area contributed by atoms with Crippen LogP contribution in [0.4, 0.5) is 0 Å². The van der Waals surface area contributed by atoms with E-state index in [4.69, 9.17) is 14.2 Å². The molecule has 0 amide bonds. The van der Waals surface area contributed by atoms with Crippen LogP contribution in [-0.2, 0) is 28.6 Å². The van der Waals surface area contributed by atoms with Crippen molar-refractivity contribution >= 4 is 17.9 Å². The first-order chi connectivity index (χ1) is 32.5. The normalized spacial score (nSPS) is 12.3. The summed E-state index contributed by atoms with van der Waals surface area (Å²) in [6.45, 7) is 6.53. The predicted octanol–water partition coefficient (Wildman–Crippen LogP) is 19.0. The molecule has 0 N–H and O–H groups in total. The third kappa shape index (κ3) is 52.3. The van der Waals surface area contributed by atoms with Gasteiger partial charge in [0, 0.05) is 19.3 Å². The molecule has 0 spiro atoms. The van der Waals surface area contributed by atoms with Crippen molar-refractivity contribution in [2.45, 2.75) is 303 Å². The van der Waals surface area contributed by atoms with E-state index in [1.54, 1.807) is 0 Å². The molecule has 0 rings (SSSR count). The zero-order valence-corrected chi connectivity index (χ0v) is 44.0. The lowest BCUT2D eigenvalue weighted by Crippen LogP contribution is -2.30. The van der Waals surface area contributed by atoms with E-state index in [9.17, 15) is 14.4 Å². The van der Waals surface area contributed by atoms with E-state index in [1.807, 2.05) is 0 Å². The van der Waals surface area contributed by atoms with E-state index < -0.39 is 6.10 Å². The lowest BCUT2D eigenvalue weighted by molar-refractivity contribution is -0.167. The Morgan fingerprint density at radius 3 is 0.939 bits per heavy atom. The molecule has 6 heteroatoms. The van der Waals surface area contributed by atoms with Crippen molar-refractivity contribution in [1.29, 1.82) is 0 Å². The van der Waals surface area contributed by atoms with Crippen LogP contribution in [0, 0.1) is 0 Å². The molecule has 0 saturated carbocycles. The predicted molar refractivity (Wildman–Crippen MR) is 284 cm³/mol. The van der Waals surface area contributed by atoms with Crippen LogP contribution in [0.3, 0.4) is 0 Å². The molecule has 0 radical (unpaired) electrons. The number of unbranched alkanes of at least 4 members (excludes halogenated alkanes) is 33. The van der Waals surface area contributed by atoms with Crippen LogP contribution < -0.4 is 0 Å². The van der Waals surface area contributed by atoms with E-state index in [0.717, 1.165) is 89.9 Å². The van der Waals surface area contributed by atoms with E-state index in [-0.39, 0.29) is 31.1 Å². The minimum atomic E-state index is -0.777. The van der Waals surface area contributed by atoms with Crippen molar-refractivity contribution in [3.8, 4) is 0 Å². The van der Waals surface area contributed by atoms with E-state index in [1.165, 1.54) is 167 Å². The molecule has 0 aromatic carbocycles. The molecule has 1 unspecified atom stereocenters. The van der Waals surface area contributed by atoms with Crippen molar-refractivity contribution in [2.75, 3.05) is 13.2 Å². The van der Waals surface area contributed by atoms with Gasteiger partial charge < -0.3 is 14.2 Å². The second kappa shape index (κ2) is 55.0. The molecule has 0 aliphatic rings. The highest BCUT2D eigenvalue weighted by atomic mass is 16.6. The van der Waals surface area contributed by atoms with E-state index in [0.29, 0.717) is 19.3 Å². The number of allylic oxidation sites excluding steroid dienone is 8. The van der Waals surface area contributed by atoms with Crippen LogP contribution >= 0.6 is 0 Å². The molecule has 384 valence electrons. The van der Waals surface area contributed by atoms with Crippen molar-refractivity contribution in [3.63, 3.8) is 0 Å². The topological polar surface area (TPSA) is 78.9 Å². The Morgan fingerprint density at radius 2 is 0.591 bits per heavy atom. The number of ether oxygens (including phenoxy) is 3. The summed E-state index contributed by atoms with van der Waals surface area (Å²) in [7, 11) is 0. The van der Waals surface area contributed by atoms with Crippen molar-refractivity contribution in [3.05, 3.63) is 48.6 Å². The fourth-order valence-corrected chi connectivity index (χ4v) is 8.28. The average molecular weight is 926 g/mol. The van der Waals surface area contributed by atoms with Gasteiger partial charge in [-0.05, 0) is 77.0 Å². The van der Waals surface area contributed by atoms with Crippen molar-refractivity contribution < 1.29 is 28.6 Å². The molecular weight excluding hydrogens is 817 g/mol. The molecular formula is C60H108O6. The van der Waals surface area contributed by atoms with E-state index in [2.05, 4.69) is 69.4 Å². The van der Waals surface area contributed by atoms with Gasteiger partial charge in [0.05, 0.1) is 0 Å². The van der Waals surface area contributed by atoms with Gasteiger partial charge in [0.1, 0.15) is 13.2 Å². The third-order valence-corrected chi connectivity index (χ3v) is 12.6. The Hall–Kier alpha value is -2.63. The Morgan fingerprint density at radius 1 is 0.318 bits per heavy atom. The number of carbonyl (C=O) groups is 3. The maximum atomic E-state index is 12.9. The van der Waals surface area contributed by atoms with Gasteiger partial charge in [-0.15, -0.1) is 0 Å². The van der Waals surface area contributed by atoms with Crippen LogP contribution in [-0.4, -0.2) is 37.2 Å². The largest absolute Gasteiger partial charge is 0.462 e. The first-order valence-electron chi connectivity index (χ1n) is 28.6. The maximum Gasteiger partial charge on any atom is 0.306 e. The number of carbonyl (C=O) groups excluding carboxylic acids is 3. The fourth-order valence-electron chi connectivity index (χ4n) is 8.28. The number of rotatable bonds is 52. The summed E-state index contributed by atoms with van der Waals surface area (Å²) in [5.41, 5.74) is 0. The molecule has 0 heterocycles. The Bertz CT molecular complexity index is 1150. The summed E-state index contributed by atoms with van der Waals surface area (Å²) in [5.74, 6) is -0.877. The Kier molecular flexibility index (Phi) is 52.8. The zero-order chi connectivity index (χ0) is 47.9. The van der Waals surface area contributed by atoms with Crippen LogP contribution in [0.1, 0.15) is 297 Å². The lowest BCUT2D eigenvalue weighted by Gasteiger charge is -2.18. The molecule has 0 fully saturated rings. The van der Waals surface area contributed by atoms with Gasteiger partial charge in [0.2, 0.25) is 0 Å². The summed E-state index contributed by atoms with van der Waals surface area (Å²) < 4.78 is 16.9. The lowest BCUT2D eigenvalue weighted by atomic mass is 10.0. The smallest absolute Gasteiger partial charge is 0.306 e. The Balaban J connectivity index is 4.36. The molecule has 0 aromatic rings.